The van der Waals surface area contributed by atoms with Crippen LogP contribution in [0.25, 0.3) is 10.9 Å². The summed E-state index contributed by atoms with van der Waals surface area (Å²) in [5.41, 5.74) is 1.27. The summed E-state index contributed by atoms with van der Waals surface area (Å²) in [4.78, 5) is 35.4. The predicted octanol–water partition coefficient (Wildman–Crippen LogP) is 2.18. The lowest BCUT2D eigenvalue weighted by molar-refractivity contribution is -0.134. The minimum atomic E-state index is -0.562. The highest BCUT2D eigenvalue weighted by atomic mass is 35.5. The van der Waals surface area contributed by atoms with Crippen molar-refractivity contribution < 1.29 is 9.59 Å². The van der Waals surface area contributed by atoms with Crippen molar-refractivity contribution in [2.45, 2.75) is 31.8 Å². The molecule has 0 unspecified atom stereocenters. The number of benzene rings is 1. The zero-order valence-electron chi connectivity index (χ0n) is 17.7. The van der Waals surface area contributed by atoms with Gasteiger partial charge in [-0.25, -0.2) is 0 Å². The minimum Gasteiger partial charge on any atom is -0.351 e. The predicted molar refractivity (Wildman–Crippen MR) is 119 cm³/mol. The number of likely N-dealkylation sites (N-methyl/N-ethyl adjacent to an activating group) is 1. The highest BCUT2D eigenvalue weighted by Crippen LogP contribution is 2.21. The molecule has 2 fully saturated rings. The number of aromatic nitrogens is 1. The molecule has 0 saturated carbocycles. The second-order valence-electron chi connectivity index (χ2n) is 8.51. The van der Waals surface area contributed by atoms with Crippen molar-refractivity contribution in [1.82, 2.24) is 25.0 Å². The number of aromatic amines is 1. The Morgan fingerprint density at radius 3 is 2.50 bits per heavy atom. The molecule has 0 aliphatic carbocycles. The molecule has 4 rings (SSSR count). The van der Waals surface area contributed by atoms with Crippen LogP contribution in [-0.2, 0) is 4.79 Å². The van der Waals surface area contributed by atoms with E-state index >= 15 is 0 Å². The van der Waals surface area contributed by atoms with Crippen molar-refractivity contribution in [3.8, 4) is 0 Å². The Hall–Kier alpha value is -2.09. The van der Waals surface area contributed by atoms with Crippen LogP contribution in [0.3, 0.4) is 0 Å². The smallest absolute Gasteiger partial charge is 0.268 e. The van der Waals surface area contributed by atoms with Gasteiger partial charge in [-0.1, -0.05) is 11.6 Å². The van der Waals surface area contributed by atoms with Crippen molar-refractivity contribution in [3.05, 3.63) is 35.0 Å². The first-order valence-corrected chi connectivity index (χ1v) is 11.1. The zero-order chi connectivity index (χ0) is 21.3. The van der Waals surface area contributed by atoms with Crippen molar-refractivity contribution in [1.29, 1.82) is 0 Å². The van der Waals surface area contributed by atoms with E-state index in [9.17, 15) is 9.59 Å². The van der Waals surface area contributed by atoms with Crippen molar-refractivity contribution in [3.63, 3.8) is 0 Å². The van der Waals surface area contributed by atoms with Gasteiger partial charge in [0.05, 0.1) is 0 Å². The van der Waals surface area contributed by atoms with Gasteiger partial charge in [0.1, 0.15) is 11.7 Å². The number of piperazine rings is 1. The summed E-state index contributed by atoms with van der Waals surface area (Å²) < 4.78 is 0. The molecule has 0 bridgehead atoms. The molecule has 162 valence electrons. The molecule has 2 N–H and O–H groups in total. The van der Waals surface area contributed by atoms with Crippen molar-refractivity contribution in [2.75, 3.05) is 46.3 Å². The molecule has 2 saturated heterocycles. The maximum absolute atomic E-state index is 12.9. The number of hydrogen-bond acceptors (Lipinski definition) is 4. The summed E-state index contributed by atoms with van der Waals surface area (Å²) >= 11 is 6.02. The molecule has 2 amide bonds. The second-order valence-corrected chi connectivity index (χ2v) is 8.94. The number of carbonyl (C=O) groups is 2. The Morgan fingerprint density at radius 2 is 1.80 bits per heavy atom. The van der Waals surface area contributed by atoms with Gasteiger partial charge in [-0.3, -0.25) is 14.5 Å². The van der Waals surface area contributed by atoms with Crippen LogP contribution in [0.15, 0.2) is 24.3 Å². The molecule has 3 heterocycles. The second kappa shape index (κ2) is 8.96. The highest BCUT2D eigenvalue weighted by molar-refractivity contribution is 6.31. The van der Waals surface area contributed by atoms with E-state index in [2.05, 4.69) is 27.1 Å². The number of rotatable bonds is 4. The summed E-state index contributed by atoms with van der Waals surface area (Å²) in [6.07, 6.45) is 2.00. The Balaban J connectivity index is 1.29. The van der Waals surface area contributed by atoms with Crippen LogP contribution < -0.4 is 5.32 Å². The molecule has 2 aliphatic heterocycles. The number of piperidine rings is 1. The number of nitrogens with one attached hydrogen (secondary N) is 2. The van der Waals surface area contributed by atoms with Gasteiger partial charge in [-0.05, 0) is 51.1 Å². The Labute approximate surface area is 182 Å². The van der Waals surface area contributed by atoms with E-state index in [-0.39, 0.29) is 11.8 Å². The van der Waals surface area contributed by atoms with E-state index in [0.717, 1.165) is 63.0 Å². The summed E-state index contributed by atoms with van der Waals surface area (Å²) in [7, 11) is 2.17. The van der Waals surface area contributed by atoms with Gasteiger partial charge >= 0.3 is 0 Å². The molecule has 7 nitrogen and oxygen atoms in total. The quantitative estimate of drug-likeness (QED) is 0.778. The Kier molecular flexibility index (Phi) is 6.32. The number of carbonyl (C=O) groups excluding carboxylic acids is 2. The van der Waals surface area contributed by atoms with Crippen LogP contribution in [0, 0.1) is 0 Å². The number of halogens is 1. The van der Waals surface area contributed by atoms with Gasteiger partial charge in [0.2, 0.25) is 5.91 Å². The van der Waals surface area contributed by atoms with Crippen LogP contribution in [0.5, 0.6) is 0 Å². The molecule has 1 aromatic carbocycles. The van der Waals surface area contributed by atoms with Gasteiger partial charge in [0.15, 0.2) is 0 Å². The normalized spacial score (nSPS) is 20.4. The van der Waals surface area contributed by atoms with Gasteiger partial charge in [-0.15, -0.1) is 0 Å². The van der Waals surface area contributed by atoms with E-state index < -0.39 is 6.04 Å². The number of fused-ring (bicyclic) bond motifs is 1. The SMILES string of the molecule is C[C@@H](NC(=O)c1cc2cc(Cl)ccc2[nH]1)C(=O)N1CCC(N2CCN(C)CC2)CC1. The Bertz CT molecular complexity index is 913. The van der Waals surface area contributed by atoms with Crippen LogP contribution in [-0.4, -0.2) is 89.9 Å². The lowest BCUT2D eigenvalue weighted by Gasteiger charge is -2.42. The molecular formula is C22H30ClN5O2. The van der Waals surface area contributed by atoms with E-state index in [4.69, 9.17) is 11.6 Å². The van der Waals surface area contributed by atoms with Gasteiger partial charge in [-0.2, -0.15) is 0 Å². The third-order valence-electron chi connectivity index (χ3n) is 6.38. The third kappa shape index (κ3) is 4.63. The molecule has 1 aromatic heterocycles. The summed E-state index contributed by atoms with van der Waals surface area (Å²) in [5, 5.41) is 4.33. The first-order chi connectivity index (χ1) is 14.4. The van der Waals surface area contributed by atoms with Crippen LogP contribution in [0.2, 0.25) is 5.02 Å². The first kappa shape index (κ1) is 21.2. The van der Waals surface area contributed by atoms with Crippen LogP contribution >= 0.6 is 11.6 Å². The fourth-order valence-electron chi connectivity index (χ4n) is 4.47. The number of likely N-dealkylation sites (tertiary alicyclic amines) is 1. The number of nitrogens with zero attached hydrogens (tertiary/aromatic N) is 3. The maximum atomic E-state index is 12.9. The molecule has 0 radical (unpaired) electrons. The van der Waals surface area contributed by atoms with Crippen LogP contribution in [0.1, 0.15) is 30.3 Å². The monoisotopic (exact) mass is 431 g/mol. The van der Waals surface area contributed by atoms with Crippen molar-refractivity contribution >= 4 is 34.3 Å². The van der Waals surface area contributed by atoms with E-state index in [0.29, 0.717) is 16.8 Å². The molecule has 8 heteroatoms. The molecule has 2 aromatic rings. The zero-order valence-corrected chi connectivity index (χ0v) is 18.4. The summed E-state index contributed by atoms with van der Waals surface area (Å²) in [6.45, 7) is 7.70. The van der Waals surface area contributed by atoms with Crippen molar-refractivity contribution in [2.24, 2.45) is 0 Å². The number of hydrogen-bond donors (Lipinski definition) is 2. The molecule has 1 atom stereocenters. The highest BCUT2D eigenvalue weighted by Gasteiger charge is 2.30. The average Bonchev–Trinajstić information content (AvgIpc) is 3.17. The first-order valence-electron chi connectivity index (χ1n) is 10.7. The fraction of sp³-hybridized carbons (Fsp3) is 0.545. The van der Waals surface area contributed by atoms with E-state index in [1.807, 2.05) is 17.0 Å². The fourth-order valence-corrected chi connectivity index (χ4v) is 4.65. The van der Waals surface area contributed by atoms with Gasteiger partial charge < -0.3 is 20.1 Å². The minimum absolute atomic E-state index is 0.0145. The lowest BCUT2D eigenvalue weighted by Crippen LogP contribution is -2.55. The standard InChI is InChI=1S/C22H30ClN5O2/c1-15(24-21(29)20-14-16-13-17(23)3-4-19(16)25-20)22(30)28-7-5-18(6-8-28)27-11-9-26(2)10-12-27/h3-4,13-15,18,25H,5-12H2,1-2H3,(H,24,29)/t15-/m1/s1. The number of H-pyrrole nitrogens is 1. The summed E-state index contributed by atoms with van der Waals surface area (Å²) in [6, 6.07) is 7.19. The molecular weight excluding hydrogens is 402 g/mol. The summed E-state index contributed by atoms with van der Waals surface area (Å²) in [5.74, 6) is -0.296. The maximum Gasteiger partial charge on any atom is 0.268 e. The lowest BCUT2D eigenvalue weighted by atomic mass is 10.0. The van der Waals surface area contributed by atoms with Gasteiger partial charge in [0, 0.05) is 61.2 Å². The molecule has 2 aliphatic rings. The van der Waals surface area contributed by atoms with E-state index in [1.54, 1.807) is 19.1 Å². The van der Waals surface area contributed by atoms with Gasteiger partial charge in [0.25, 0.3) is 5.91 Å². The topological polar surface area (TPSA) is 71.7 Å². The third-order valence-corrected chi connectivity index (χ3v) is 6.61. The number of amides is 2. The Morgan fingerprint density at radius 1 is 1.10 bits per heavy atom. The largest absolute Gasteiger partial charge is 0.351 e. The molecule has 0 spiro atoms. The van der Waals surface area contributed by atoms with E-state index in [1.165, 1.54) is 0 Å². The molecule has 30 heavy (non-hydrogen) atoms. The average molecular weight is 432 g/mol. The van der Waals surface area contributed by atoms with Crippen LogP contribution in [0.4, 0.5) is 0 Å².